The molecular weight excluding hydrogens is 451 g/mol. The largest absolute Gasteiger partial charge is 0.357 e. The quantitative estimate of drug-likeness (QED) is 0.171. The maximum absolute atomic E-state index is 12.3. The fourth-order valence-electron chi connectivity index (χ4n) is 2.43. The Morgan fingerprint density at radius 2 is 2.11 bits per heavy atom. The van der Waals surface area contributed by atoms with Crippen LogP contribution in [0.1, 0.15) is 56.0 Å². The monoisotopic (exact) mass is 486 g/mol. The third-order valence-corrected chi connectivity index (χ3v) is 4.19. The Bertz CT molecular complexity index is 604. The number of rotatable bonds is 10. The number of aliphatic imine (C=N–C) groups is 1. The summed E-state index contributed by atoms with van der Waals surface area (Å²) in [4.78, 5) is 19.1. The van der Waals surface area contributed by atoms with Crippen molar-refractivity contribution in [1.82, 2.24) is 15.5 Å². The molecule has 0 aliphatic heterocycles. The highest BCUT2D eigenvalue weighted by Crippen LogP contribution is 2.08. The average Bonchev–Trinajstić information content (AvgIpc) is 2.65. The van der Waals surface area contributed by atoms with Gasteiger partial charge in [-0.05, 0) is 50.8 Å². The Kier molecular flexibility index (Phi) is 13.6. The number of allylic oxidation sites excluding steroid dienone is 1. The van der Waals surface area contributed by atoms with Gasteiger partial charge < -0.3 is 15.5 Å². The van der Waals surface area contributed by atoms with Crippen molar-refractivity contribution in [3.8, 4) is 0 Å². The number of benzene rings is 1. The molecule has 2 N–H and O–H groups in total. The van der Waals surface area contributed by atoms with Crippen LogP contribution in [0.5, 0.6) is 0 Å². The summed E-state index contributed by atoms with van der Waals surface area (Å²) in [5.41, 5.74) is 1.71. The number of halogens is 1. The van der Waals surface area contributed by atoms with Gasteiger partial charge in [0.25, 0.3) is 5.91 Å². The van der Waals surface area contributed by atoms with Crippen LogP contribution in [0.15, 0.2) is 41.9 Å². The van der Waals surface area contributed by atoms with E-state index in [2.05, 4.69) is 36.0 Å². The molecule has 0 saturated carbocycles. The van der Waals surface area contributed by atoms with E-state index in [0.717, 1.165) is 43.9 Å². The van der Waals surface area contributed by atoms with Gasteiger partial charge in [-0.1, -0.05) is 25.1 Å². The molecule has 1 aromatic rings. The molecule has 1 rings (SSSR count). The highest BCUT2D eigenvalue weighted by Gasteiger charge is 2.09. The summed E-state index contributed by atoms with van der Waals surface area (Å²) >= 11 is 0. The van der Waals surface area contributed by atoms with E-state index < -0.39 is 0 Å². The highest BCUT2D eigenvalue weighted by atomic mass is 127. The second-order valence-electron chi connectivity index (χ2n) is 6.51. The lowest BCUT2D eigenvalue weighted by Gasteiger charge is -2.21. The molecule has 152 valence electrons. The molecule has 0 aliphatic rings. The van der Waals surface area contributed by atoms with Crippen LogP contribution in [0.2, 0.25) is 0 Å². The minimum Gasteiger partial charge on any atom is -0.357 e. The molecule has 1 amide bonds. The lowest BCUT2D eigenvalue weighted by Crippen LogP contribution is -2.39. The SMILES string of the molecule is C=CCCCN(C)C(=NCc1cccc(C(=O)NC(C)CC)c1)NCC.I. The molecule has 0 fully saturated rings. The van der Waals surface area contributed by atoms with Gasteiger partial charge in [0.15, 0.2) is 5.96 Å². The van der Waals surface area contributed by atoms with Crippen LogP contribution in [-0.4, -0.2) is 42.9 Å². The molecule has 0 aliphatic carbocycles. The second kappa shape index (κ2) is 14.5. The fourth-order valence-corrected chi connectivity index (χ4v) is 2.43. The van der Waals surface area contributed by atoms with Crippen molar-refractivity contribution in [2.45, 2.75) is 52.6 Å². The van der Waals surface area contributed by atoms with Crippen LogP contribution >= 0.6 is 24.0 Å². The Labute approximate surface area is 181 Å². The van der Waals surface area contributed by atoms with E-state index in [0.29, 0.717) is 12.1 Å². The van der Waals surface area contributed by atoms with Gasteiger partial charge in [0.2, 0.25) is 0 Å². The summed E-state index contributed by atoms with van der Waals surface area (Å²) in [6.45, 7) is 12.2. The lowest BCUT2D eigenvalue weighted by atomic mass is 10.1. The first-order valence-electron chi connectivity index (χ1n) is 9.51. The van der Waals surface area contributed by atoms with Crippen molar-refractivity contribution in [3.05, 3.63) is 48.0 Å². The number of hydrogen-bond acceptors (Lipinski definition) is 2. The van der Waals surface area contributed by atoms with E-state index in [-0.39, 0.29) is 35.9 Å². The van der Waals surface area contributed by atoms with Crippen LogP contribution in [0.3, 0.4) is 0 Å². The zero-order valence-electron chi connectivity index (χ0n) is 17.1. The second-order valence-corrected chi connectivity index (χ2v) is 6.51. The molecule has 5 nitrogen and oxygen atoms in total. The van der Waals surface area contributed by atoms with Gasteiger partial charge in [-0.3, -0.25) is 4.79 Å². The van der Waals surface area contributed by atoms with Crippen LogP contribution in [0, 0.1) is 0 Å². The Morgan fingerprint density at radius 3 is 2.74 bits per heavy atom. The summed E-state index contributed by atoms with van der Waals surface area (Å²) in [5.74, 6) is 0.852. The van der Waals surface area contributed by atoms with Crippen LogP contribution in [-0.2, 0) is 6.54 Å². The van der Waals surface area contributed by atoms with Crippen molar-refractivity contribution < 1.29 is 4.79 Å². The molecule has 0 heterocycles. The zero-order valence-corrected chi connectivity index (χ0v) is 19.5. The highest BCUT2D eigenvalue weighted by molar-refractivity contribution is 14.0. The van der Waals surface area contributed by atoms with Crippen molar-refractivity contribution >= 4 is 35.8 Å². The Balaban J connectivity index is 0.00000676. The molecule has 6 heteroatoms. The maximum atomic E-state index is 12.3. The normalized spacial score (nSPS) is 11.9. The molecule has 27 heavy (non-hydrogen) atoms. The summed E-state index contributed by atoms with van der Waals surface area (Å²) in [6, 6.07) is 7.86. The summed E-state index contributed by atoms with van der Waals surface area (Å²) in [6.07, 6.45) is 4.90. The van der Waals surface area contributed by atoms with Gasteiger partial charge in [0.1, 0.15) is 0 Å². The topological polar surface area (TPSA) is 56.7 Å². The number of nitrogens with one attached hydrogen (secondary N) is 2. The number of guanidine groups is 1. The predicted molar refractivity (Wildman–Crippen MR) is 126 cm³/mol. The number of unbranched alkanes of at least 4 members (excludes halogenated alkanes) is 1. The third-order valence-electron chi connectivity index (χ3n) is 4.19. The van der Waals surface area contributed by atoms with Gasteiger partial charge in [-0.15, -0.1) is 30.6 Å². The van der Waals surface area contributed by atoms with Crippen LogP contribution < -0.4 is 10.6 Å². The summed E-state index contributed by atoms with van der Waals surface area (Å²) < 4.78 is 0. The van der Waals surface area contributed by atoms with Crippen LogP contribution in [0.4, 0.5) is 0 Å². The maximum Gasteiger partial charge on any atom is 0.251 e. The van der Waals surface area contributed by atoms with Gasteiger partial charge >= 0.3 is 0 Å². The molecule has 0 radical (unpaired) electrons. The van der Waals surface area contributed by atoms with Gasteiger partial charge in [-0.2, -0.15) is 0 Å². The molecule has 0 spiro atoms. The number of nitrogens with zero attached hydrogens (tertiary/aromatic N) is 2. The van der Waals surface area contributed by atoms with E-state index in [1.807, 2.05) is 44.3 Å². The minimum absolute atomic E-state index is 0. The minimum atomic E-state index is -0.0290. The number of amides is 1. The molecule has 1 unspecified atom stereocenters. The van der Waals surface area contributed by atoms with E-state index in [9.17, 15) is 4.79 Å². The van der Waals surface area contributed by atoms with Gasteiger partial charge in [-0.25, -0.2) is 4.99 Å². The number of carbonyl (C=O) groups excluding carboxylic acids is 1. The number of hydrogen-bond donors (Lipinski definition) is 2. The summed E-state index contributed by atoms with van der Waals surface area (Å²) in [5, 5.41) is 6.32. The molecule has 1 aromatic carbocycles. The van der Waals surface area contributed by atoms with E-state index in [1.54, 1.807) is 0 Å². The van der Waals surface area contributed by atoms with Gasteiger partial charge in [0.05, 0.1) is 6.54 Å². The zero-order chi connectivity index (χ0) is 19.4. The first-order valence-corrected chi connectivity index (χ1v) is 9.51. The average molecular weight is 486 g/mol. The standard InChI is InChI=1S/C21H34N4O.HI/c1-6-9-10-14-25(5)21(22-8-3)23-16-18-12-11-13-19(15-18)20(26)24-17(4)7-2;/h6,11-13,15,17H,1,7-10,14,16H2,2-5H3,(H,22,23)(H,24,26);1H. The van der Waals surface area contributed by atoms with Crippen molar-refractivity contribution in [2.24, 2.45) is 4.99 Å². The summed E-state index contributed by atoms with van der Waals surface area (Å²) in [7, 11) is 2.04. The predicted octanol–water partition coefficient (Wildman–Crippen LogP) is 4.20. The van der Waals surface area contributed by atoms with Crippen molar-refractivity contribution in [3.63, 3.8) is 0 Å². The van der Waals surface area contributed by atoms with E-state index >= 15 is 0 Å². The molecule has 1 atom stereocenters. The number of carbonyl (C=O) groups is 1. The Morgan fingerprint density at radius 1 is 1.37 bits per heavy atom. The smallest absolute Gasteiger partial charge is 0.251 e. The van der Waals surface area contributed by atoms with Crippen molar-refractivity contribution in [1.29, 1.82) is 0 Å². The first-order chi connectivity index (χ1) is 12.5. The molecular formula is C21H35IN4O. The fraction of sp³-hybridized carbons (Fsp3) is 0.524. The van der Waals surface area contributed by atoms with Crippen LogP contribution in [0.25, 0.3) is 0 Å². The van der Waals surface area contributed by atoms with Crippen molar-refractivity contribution in [2.75, 3.05) is 20.1 Å². The first kappa shape index (κ1) is 25.4. The molecule has 0 saturated heterocycles. The Hall–Kier alpha value is -1.57. The third kappa shape index (κ3) is 9.79. The lowest BCUT2D eigenvalue weighted by molar-refractivity contribution is 0.0939. The van der Waals surface area contributed by atoms with E-state index in [1.165, 1.54) is 0 Å². The van der Waals surface area contributed by atoms with Gasteiger partial charge in [0, 0.05) is 31.7 Å². The van der Waals surface area contributed by atoms with E-state index in [4.69, 9.17) is 4.99 Å². The molecule has 0 bridgehead atoms. The molecule has 0 aromatic heterocycles.